The lowest BCUT2D eigenvalue weighted by Gasteiger charge is -2.22. The summed E-state index contributed by atoms with van der Waals surface area (Å²) in [6, 6.07) is 51.1. The molecule has 8 aromatic carbocycles. The monoisotopic (exact) mass is 1860 g/mol. The summed E-state index contributed by atoms with van der Waals surface area (Å²) >= 11 is 23.9. The van der Waals surface area contributed by atoms with E-state index in [0.29, 0.717) is 44.1 Å². The van der Waals surface area contributed by atoms with Crippen LogP contribution >= 0.6 is 59.9 Å². The van der Waals surface area contributed by atoms with E-state index in [4.69, 9.17) is 158 Å². The number of hydrogen-bond acceptors (Lipinski definition) is 26. The topological polar surface area (TPSA) is 584 Å². The molecule has 0 aliphatic carbocycles. The SMILES string of the molecule is CC(C)(C)Oc1ccccc1C(=O)O.CC(C)(C)Oc1ccccc1C(=O)Oc1ccc(C(N)=S)cc1.CN.CN.CNC(=O)OC(C)(C)C.CNC(=O)OC(C)(C)C.CNC(=O)OC(C)(C)C.ClCCl.NC(=S)c1ccc(O)cc1.NC(=S)c1ccc(OC(=O)c2ccccc2O)cc1.O=C(O)c1ccccc1O.O=C(O)c1ccccc1O.O=S(=O)(O)O. The number of alkyl halides is 2. The minimum absolute atomic E-state index is 0.0671. The number of aromatic hydroxyl groups is 4. The van der Waals surface area contributed by atoms with Crippen molar-refractivity contribution < 1.29 is 125 Å². The maximum absolute atomic E-state index is 12.4. The highest BCUT2D eigenvalue weighted by Gasteiger charge is 2.22. The Kier molecular flexibility index (Phi) is 60.9. The second-order valence-electron chi connectivity index (χ2n) is 28.2. The smallest absolute Gasteiger partial charge is 0.407 e. The van der Waals surface area contributed by atoms with Crippen LogP contribution in [0.15, 0.2) is 194 Å². The van der Waals surface area contributed by atoms with E-state index < -0.39 is 45.8 Å². The summed E-state index contributed by atoms with van der Waals surface area (Å²) in [5.41, 5.74) is 26.1. The number of rotatable bonds is 12. The number of carboxylic acids is 3. The number of alkyl carbamates (subject to hydrolysis) is 3. The molecule has 0 heterocycles. The van der Waals surface area contributed by atoms with Gasteiger partial charge in [-0.15, -0.1) is 23.2 Å². The molecule has 40 heteroatoms. The molecule has 3 amide bonds. The van der Waals surface area contributed by atoms with Crippen molar-refractivity contribution in [1.29, 1.82) is 0 Å². The highest BCUT2D eigenvalue weighted by Crippen LogP contribution is 2.27. The molecule has 0 aromatic heterocycles. The fourth-order valence-corrected chi connectivity index (χ4v) is 7.79. The molecule has 0 atom stereocenters. The van der Waals surface area contributed by atoms with Gasteiger partial charge in [0, 0.05) is 37.8 Å². The van der Waals surface area contributed by atoms with Gasteiger partial charge in [0.1, 0.15) is 117 Å². The Hall–Kier alpha value is -12.2. The fraction of sp³-hybridized carbons (Fsp3) is 0.306. The molecule has 0 saturated heterocycles. The van der Waals surface area contributed by atoms with Crippen LogP contribution in [0.3, 0.4) is 0 Å². The largest absolute Gasteiger partial charge is 0.508 e. The number of amides is 3. The standard InChI is InChI=1S/C18H19NO3S.C14H11NO3S.C11H14O3.C7H7NOS.2C7H6O3.3C6H13NO2.CH2Cl2.2CH5N.H2O4S/c1-18(2,3)22-15-7-5-4-6-14(15)17(20)21-13-10-8-12(9-11-13)16(19)23;15-13(19)9-5-7-10(8-6-9)18-14(17)11-3-1-2-4-12(11)16;1-11(2,3)14-9-7-5-4-6-8(9)10(12)13;8-7(10)5-1-3-6(9)4-2-5;2*8-6-4-2-1-3-5(6)7(9)10;3*1-6(2,3)9-5(8)7-4;2-1-3;2*1-2;1-5(2,3)4/h4-11H,1-3H3,(H2,19,23);1-8,16H,(H2,15,19);4-7H,1-3H3,(H,12,13);1-4,9H,(H2,8,10);2*1-4,8H,(H,9,10);3*1-4H3,(H,7,8);1H2;2*2H2,1H3;(H2,1,2,3,4). The first-order valence-corrected chi connectivity index (χ1v) is 40.0. The number of thiocarbonyl (C=S) groups is 3. The second kappa shape index (κ2) is 62.8. The Morgan fingerprint density at radius 3 is 0.768 bits per heavy atom. The molecule has 0 aliphatic heterocycles. The highest BCUT2D eigenvalue weighted by molar-refractivity contribution is 7.81. The zero-order valence-corrected chi connectivity index (χ0v) is 77.7. The Balaban J connectivity index is -0.000000434. The van der Waals surface area contributed by atoms with Gasteiger partial charge in [0.15, 0.2) is 0 Å². The molecule has 8 rings (SSSR count). The van der Waals surface area contributed by atoms with E-state index >= 15 is 0 Å². The first-order chi connectivity index (χ1) is 57.6. The number of esters is 2. The van der Waals surface area contributed by atoms with Crippen LogP contribution in [0.5, 0.6) is 46.0 Å². The van der Waals surface area contributed by atoms with Crippen LogP contribution in [-0.4, -0.2) is 185 Å². The third-order valence-corrected chi connectivity index (χ3v) is 12.8. The molecule has 0 bridgehead atoms. The van der Waals surface area contributed by atoms with E-state index in [-0.39, 0.29) is 96.3 Å². The molecule has 125 heavy (non-hydrogen) atoms. The molecule has 0 fully saturated rings. The van der Waals surface area contributed by atoms with Gasteiger partial charge in [0.25, 0.3) is 0 Å². The molecule has 0 spiro atoms. The first kappa shape index (κ1) is 121. The highest BCUT2D eigenvalue weighted by atomic mass is 35.5. The number of carboxylic acid groups (broad SMARTS) is 3. The van der Waals surface area contributed by atoms with Crippen molar-refractivity contribution in [3.8, 4) is 46.0 Å². The number of phenols is 4. The number of carbonyl (C=O) groups is 8. The summed E-state index contributed by atoms with van der Waals surface area (Å²) in [4.78, 5) is 88.0. The van der Waals surface area contributed by atoms with Gasteiger partial charge in [0.05, 0.1) is 5.34 Å². The third kappa shape index (κ3) is 65.1. The average Bonchev–Trinajstić information content (AvgIpc) is 0.841. The minimum atomic E-state index is -4.67. The molecule has 0 saturated carbocycles. The van der Waals surface area contributed by atoms with Crippen LogP contribution < -0.4 is 63.6 Å². The van der Waals surface area contributed by atoms with E-state index in [1.807, 2.05) is 110 Å². The lowest BCUT2D eigenvalue weighted by Crippen LogP contribution is -2.30. The van der Waals surface area contributed by atoms with Crippen LogP contribution in [0.1, 0.15) is 172 Å². The van der Waals surface area contributed by atoms with Gasteiger partial charge in [-0.3, -0.25) is 9.11 Å². The Labute approximate surface area is 755 Å². The number of hydrogen-bond donors (Lipinski definition) is 17. The Bertz CT molecular complexity index is 4600. The van der Waals surface area contributed by atoms with Crippen molar-refractivity contribution in [2.75, 3.05) is 40.6 Å². The van der Waals surface area contributed by atoms with Gasteiger partial charge in [-0.25, -0.2) is 38.4 Å². The van der Waals surface area contributed by atoms with Gasteiger partial charge < -0.3 is 114 Å². The zero-order valence-electron chi connectivity index (χ0n) is 72.9. The number of para-hydroxylation sites is 5. The van der Waals surface area contributed by atoms with E-state index in [2.05, 4.69) is 27.4 Å². The van der Waals surface area contributed by atoms with E-state index in [9.17, 15) is 43.5 Å². The number of halogens is 2. The van der Waals surface area contributed by atoms with Crippen LogP contribution in [0.4, 0.5) is 14.4 Å². The summed E-state index contributed by atoms with van der Waals surface area (Å²) in [6.07, 6.45) is -1.16. The normalized spacial score (nSPS) is 9.97. The van der Waals surface area contributed by atoms with E-state index in [0.717, 1.165) is 11.1 Å². The van der Waals surface area contributed by atoms with Crippen molar-refractivity contribution >= 4 is 133 Å². The first-order valence-electron chi connectivity index (χ1n) is 36.3. The lowest BCUT2D eigenvalue weighted by atomic mass is 10.1. The molecular weight excluding hydrogens is 1750 g/mol. The van der Waals surface area contributed by atoms with E-state index in [1.165, 1.54) is 77.7 Å². The van der Waals surface area contributed by atoms with Gasteiger partial charge >= 0.3 is 58.5 Å². The molecule has 0 radical (unpaired) electrons. The number of carbonyl (C=O) groups excluding carboxylic acids is 5. The summed E-state index contributed by atoms with van der Waals surface area (Å²) < 4.78 is 67.9. The Morgan fingerprint density at radius 2 is 0.560 bits per heavy atom. The number of benzene rings is 8. The van der Waals surface area contributed by atoms with Gasteiger partial charge in [-0.05, 0) is 251 Å². The molecule has 8 aromatic rings. The van der Waals surface area contributed by atoms with Crippen molar-refractivity contribution in [2.45, 2.75) is 132 Å². The molecule has 0 aliphatic rings. The fourth-order valence-electron chi connectivity index (χ4n) is 7.38. The summed E-state index contributed by atoms with van der Waals surface area (Å²) in [6.45, 7) is 27.8. The molecule has 22 N–H and O–H groups in total. The number of aromatic carboxylic acids is 3. The minimum Gasteiger partial charge on any atom is -0.508 e. The van der Waals surface area contributed by atoms with Crippen molar-refractivity contribution in [2.24, 2.45) is 28.7 Å². The number of nitrogens with two attached hydrogens (primary N) is 5. The molecular formula is C85H116Cl2N8O26S4. The number of ether oxygens (including phenoxy) is 7. The summed E-state index contributed by atoms with van der Waals surface area (Å²) in [5.74, 6) is -2.92. The van der Waals surface area contributed by atoms with Crippen LogP contribution in [-0.2, 0) is 24.6 Å². The van der Waals surface area contributed by atoms with Crippen LogP contribution in [0.25, 0.3) is 0 Å². The summed E-state index contributed by atoms with van der Waals surface area (Å²) in [5, 5.41) is 69.2. The maximum atomic E-state index is 12.4. The van der Waals surface area contributed by atoms with Crippen molar-refractivity contribution in [3.63, 3.8) is 0 Å². The summed E-state index contributed by atoms with van der Waals surface area (Å²) in [7, 11) is 2.94. The predicted molar refractivity (Wildman–Crippen MR) is 494 cm³/mol. The number of phenolic OH excluding ortho intramolecular Hbond substituents is 2. The quantitative estimate of drug-likeness (QED) is 0.0135. The number of nitrogens with one attached hydrogen (secondary N) is 3. The van der Waals surface area contributed by atoms with Crippen molar-refractivity contribution in [1.82, 2.24) is 16.0 Å². The second-order valence-corrected chi connectivity index (χ2v) is 31.2. The zero-order chi connectivity index (χ0) is 98.0. The molecule has 690 valence electrons. The van der Waals surface area contributed by atoms with Gasteiger partial charge in [-0.1, -0.05) is 97.3 Å². The third-order valence-electron chi connectivity index (χ3n) is 12.1. The van der Waals surface area contributed by atoms with Gasteiger partial charge in [-0.2, -0.15) is 8.42 Å². The van der Waals surface area contributed by atoms with E-state index in [1.54, 1.807) is 146 Å². The lowest BCUT2D eigenvalue weighted by molar-refractivity contribution is 0.0530. The van der Waals surface area contributed by atoms with Crippen molar-refractivity contribution in [3.05, 3.63) is 239 Å². The molecule has 0 unspecified atom stereocenters. The predicted octanol–water partition coefficient (Wildman–Crippen LogP) is 15.1. The Morgan fingerprint density at radius 1 is 0.352 bits per heavy atom. The maximum Gasteiger partial charge on any atom is 0.407 e. The van der Waals surface area contributed by atoms with Gasteiger partial charge in [0.2, 0.25) is 0 Å². The van der Waals surface area contributed by atoms with Crippen LogP contribution in [0, 0.1) is 0 Å². The molecule has 34 nitrogen and oxygen atoms in total. The average molecular weight is 1870 g/mol. The van der Waals surface area contributed by atoms with Crippen LogP contribution in [0.2, 0.25) is 0 Å².